The van der Waals surface area contributed by atoms with E-state index in [0.717, 1.165) is 61.8 Å². The zero-order valence-corrected chi connectivity index (χ0v) is 19.5. The predicted molar refractivity (Wildman–Crippen MR) is 135 cm³/mol. The summed E-state index contributed by atoms with van der Waals surface area (Å²) in [5.41, 5.74) is 13.5. The molecule has 3 aromatic rings. The summed E-state index contributed by atoms with van der Waals surface area (Å²) in [5.74, 6) is 0.859. The Labute approximate surface area is 200 Å². The summed E-state index contributed by atoms with van der Waals surface area (Å²) in [5, 5.41) is 4.17. The second kappa shape index (κ2) is 8.92. The van der Waals surface area contributed by atoms with Crippen molar-refractivity contribution in [3.05, 3.63) is 47.8 Å². The number of nitrogens with zero attached hydrogens (tertiary/aromatic N) is 3. The van der Waals surface area contributed by atoms with Gasteiger partial charge in [-0.25, -0.2) is 4.98 Å². The van der Waals surface area contributed by atoms with Crippen LogP contribution in [0.5, 0.6) is 0 Å². The lowest BCUT2D eigenvalue weighted by Gasteiger charge is -2.28. The van der Waals surface area contributed by atoms with E-state index in [1.165, 1.54) is 35.2 Å². The van der Waals surface area contributed by atoms with Crippen molar-refractivity contribution < 1.29 is 4.79 Å². The van der Waals surface area contributed by atoms with E-state index in [1.807, 2.05) is 12.1 Å². The number of nitrogens with two attached hydrogens (primary N) is 1. The van der Waals surface area contributed by atoms with Gasteiger partial charge in [0, 0.05) is 42.3 Å². The second-order valence-electron chi connectivity index (χ2n) is 9.51. The van der Waals surface area contributed by atoms with Gasteiger partial charge in [0.05, 0.1) is 11.2 Å². The Hall–Kier alpha value is -2.70. The van der Waals surface area contributed by atoms with Gasteiger partial charge in [0.25, 0.3) is 0 Å². The van der Waals surface area contributed by atoms with Crippen LogP contribution in [0.3, 0.4) is 0 Å². The zero-order chi connectivity index (χ0) is 21.7. The Bertz CT molecular complexity index is 1210. The third kappa shape index (κ3) is 4.30. The van der Waals surface area contributed by atoms with Crippen molar-refractivity contribution in [1.29, 1.82) is 0 Å². The van der Waals surface area contributed by atoms with Crippen LogP contribution in [0, 0.1) is 5.92 Å². The number of aryl methyl sites for hydroxylation is 1. The number of carbonyl (C=O) groups excluding carboxylic acids is 1. The molecule has 1 saturated carbocycles. The monoisotopic (exact) mass is 463 g/mol. The van der Waals surface area contributed by atoms with E-state index in [-0.39, 0.29) is 30.3 Å². The fraction of sp³-hybridized carbons (Fsp3) is 0.423. The molecule has 3 aliphatic rings. The number of rotatable bonds is 4. The van der Waals surface area contributed by atoms with Gasteiger partial charge >= 0.3 is 0 Å². The molecule has 1 saturated heterocycles. The molecule has 2 aliphatic carbocycles. The maximum Gasteiger partial charge on any atom is 0.228 e. The first-order valence-electron chi connectivity index (χ1n) is 11.9. The Kier molecular flexibility index (Phi) is 5.97. The standard InChI is InChI=1S/C26H29N5O.ClH/c27-19-10-12-31(15-19)25-20-3-1-2-4-22(20)29-23-8-7-17(13-21(23)25)18-9-11-28-24(14-18)30-26(32)16-5-6-16;/h7-9,11,13-14,16,19H,1-6,10,12,15,27H2,(H,28,30,32);1H/t19-;/m1./s1. The summed E-state index contributed by atoms with van der Waals surface area (Å²) >= 11 is 0. The number of benzene rings is 1. The maximum absolute atomic E-state index is 12.2. The lowest BCUT2D eigenvalue weighted by molar-refractivity contribution is -0.117. The first-order chi connectivity index (χ1) is 15.7. The van der Waals surface area contributed by atoms with Gasteiger partial charge in [-0.1, -0.05) is 6.07 Å². The van der Waals surface area contributed by atoms with Crippen molar-refractivity contribution in [2.24, 2.45) is 11.7 Å². The summed E-state index contributed by atoms with van der Waals surface area (Å²) < 4.78 is 0. The van der Waals surface area contributed by atoms with E-state index < -0.39 is 0 Å². The van der Waals surface area contributed by atoms with E-state index in [4.69, 9.17) is 10.7 Å². The number of anilines is 2. The highest BCUT2D eigenvalue weighted by atomic mass is 35.5. The molecule has 1 amide bonds. The molecule has 172 valence electrons. The average Bonchev–Trinajstić information content (AvgIpc) is 3.58. The van der Waals surface area contributed by atoms with Gasteiger partial charge in [-0.05, 0) is 85.9 Å². The number of amides is 1. The van der Waals surface area contributed by atoms with Crippen LogP contribution in [0.4, 0.5) is 11.5 Å². The summed E-state index contributed by atoms with van der Waals surface area (Å²) in [6.07, 6.45) is 9.37. The van der Waals surface area contributed by atoms with Crippen LogP contribution in [-0.2, 0) is 17.6 Å². The van der Waals surface area contributed by atoms with Gasteiger partial charge in [0.15, 0.2) is 0 Å². The molecule has 3 heterocycles. The third-order valence-electron chi connectivity index (χ3n) is 7.07. The van der Waals surface area contributed by atoms with Gasteiger partial charge in [-0.2, -0.15) is 0 Å². The molecule has 0 radical (unpaired) electrons. The van der Waals surface area contributed by atoms with Crippen molar-refractivity contribution in [3.63, 3.8) is 0 Å². The van der Waals surface area contributed by atoms with Gasteiger partial charge in [0.1, 0.15) is 5.82 Å². The van der Waals surface area contributed by atoms with Crippen molar-refractivity contribution in [3.8, 4) is 11.1 Å². The molecule has 1 atom stereocenters. The fourth-order valence-electron chi connectivity index (χ4n) is 5.18. The number of carbonyl (C=O) groups is 1. The minimum atomic E-state index is 0. The molecular weight excluding hydrogens is 434 g/mol. The van der Waals surface area contributed by atoms with Crippen molar-refractivity contribution in [2.45, 2.75) is 51.0 Å². The Morgan fingerprint density at radius 1 is 1.06 bits per heavy atom. The van der Waals surface area contributed by atoms with Gasteiger partial charge in [-0.15, -0.1) is 12.4 Å². The van der Waals surface area contributed by atoms with Crippen LogP contribution in [0.15, 0.2) is 36.5 Å². The highest BCUT2D eigenvalue weighted by molar-refractivity contribution is 5.98. The molecule has 2 fully saturated rings. The minimum Gasteiger partial charge on any atom is -0.369 e. The summed E-state index contributed by atoms with van der Waals surface area (Å²) in [7, 11) is 0. The Balaban J connectivity index is 0.00000228. The SMILES string of the molecule is Cl.N[C@@H]1CCN(c2c3c(nc4ccc(-c5ccnc(NC(=O)C6CC6)c5)cc24)CCCC3)C1. The number of nitrogens with one attached hydrogen (secondary N) is 1. The van der Waals surface area contributed by atoms with Crippen LogP contribution < -0.4 is 16.0 Å². The molecule has 0 spiro atoms. The molecule has 1 aromatic carbocycles. The summed E-state index contributed by atoms with van der Waals surface area (Å²) in [6.45, 7) is 1.91. The van der Waals surface area contributed by atoms with Crippen LogP contribution in [0.2, 0.25) is 0 Å². The number of fused-ring (bicyclic) bond motifs is 2. The largest absolute Gasteiger partial charge is 0.369 e. The molecule has 6 nitrogen and oxygen atoms in total. The molecule has 7 heteroatoms. The van der Waals surface area contributed by atoms with Gasteiger partial charge < -0.3 is 16.0 Å². The maximum atomic E-state index is 12.2. The Morgan fingerprint density at radius 2 is 1.88 bits per heavy atom. The molecule has 1 aliphatic heterocycles. The van der Waals surface area contributed by atoms with E-state index in [9.17, 15) is 4.79 Å². The summed E-state index contributed by atoms with van der Waals surface area (Å²) in [4.78, 5) is 24.1. The van der Waals surface area contributed by atoms with Crippen LogP contribution in [0.25, 0.3) is 22.0 Å². The normalized spacial score (nSPS) is 19.8. The van der Waals surface area contributed by atoms with Crippen LogP contribution in [0.1, 0.15) is 43.4 Å². The van der Waals surface area contributed by atoms with Crippen molar-refractivity contribution >= 4 is 40.7 Å². The van der Waals surface area contributed by atoms with Gasteiger partial charge in [0.2, 0.25) is 5.91 Å². The quantitative estimate of drug-likeness (QED) is 0.595. The highest BCUT2D eigenvalue weighted by Crippen LogP contribution is 2.39. The summed E-state index contributed by atoms with van der Waals surface area (Å²) in [6, 6.07) is 10.7. The first-order valence-corrected chi connectivity index (χ1v) is 11.9. The Morgan fingerprint density at radius 3 is 2.67 bits per heavy atom. The smallest absolute Gasteiger partial charge is 0.228 e. The van der Waals surface area contributed by atoms with E-state index in [2.05, 4.69) is 33.4 Å². The van der Waals surface area contributed by atoms with Crippen LogP contribution in [-0.4, -0.2) is 35.0 Å². The first kappa shape index (κ1) is 22.1. The number of hydrogen-bond donors (Lipinski definition) is 2. The molecule has 0 unspecified atom stereocenters. The van der Waals surface area contributed by atoms with E-state index >= 15 is 0 Å². The number of hydrogen-bond acceptors (Lipinski definition) is 5. The molecule has 2 aromatic heterocycles. The molecular formula is C26H30ClN5O. The molecule has 0 bridgehead atoms. The lowest BCUT2D eigenvalue weighted by atomic mass is 9.91. The minimum absolute atomic E-state index is 0. The van der Waals surface area contributed by atoms with Crippen molar-refractivity contribution in [2.75, 3.05) is 23.3 Å². The highest BCUT2D eigenvalue weighted by Gasteiger charge is 2.30. The lowest BCUT2D eigenvalue weighted by Crippen LogP contribution is -2.28. The average molecular weight is 464 g/mol. The number of pyridine rings is 2. The topological polar surface area (TPSA) is 84.1 Å². The fourth-order valence-corrected chi connectivity index (χ4v) is 5.18. The zero-order valence-electron chi connectivity index (χ0n) is 18.7. The van der Waals surface area contributed by atoms with Gasteiger partial charge in [-0.3, -0.25) is 9.78 Å². The van der Waals surface area contributed by atoms with Crippen LogP contribution >= 0.6 is 12.4 Å². The number of aromatic nitrogens is 2. The predicted octanol–water partition coefficient (Wildman–Crippen LogP) is 4.48. The molecule has 3 N–H and O–H groups in total. The third-order valence-corrected chi connectivity index (χ3v) is 7.07. The van der Waals surface area contributed by atoms with E-state index in [1.54, 1.807) is 6.20 Å². The van der Waals surface area contributed by atoms with E-state index in [0.29, 0.717) is 5.82 Å². The van der Waals surface area contributed by atoms with Crippen molar-refractivity contribution in [1.82, 2.24) is 9.97 Å². The molecule has 33 heavy (non-hydrogen) atoms. The molecule has 6 rings (SSSR count). The second-order valence-corrected chi connectivity index (χ2v) is 9.51. The number of halogens is 1.